The van der Waals surface area contributed by atoms with E-state index in [0.717, 1.165) is 38.4 Å². The molecule has 0 unspecified atom stereocenters. The Balaban J connectivity index is 1.41. The molecule has 3 aromatic carbocycles. The lowest BCUT2D eigenvalue weighted by Crippen LogP contribution is -2.14. The predicted molar refractivity (Wildman–Crippen MR) is 126 cm³/mol. The fourth-order valence-electron chi connectivity index (χ4n) is 3.62. The van der Waals surface area contributed by atoms with Crippen molar-refractivity contribution in [3.63, 3.8) is 0 Å². The summed E-state index contributed by atoms with van der Waals surface area (Å²) in [5.74, 6) is 0.215. The van der Waals surface area contributed by atoms with Crippen molar-refractivity contribution in [3.05, 3.63) is 90.8 Å². The second-order valence-electron chi connectivity index (χ2n) is 7.27. The van der Waals surface area contributed by atoms with Gasteiger partial charge >= 0.3 is 0 Å². The summed E-state index contributed by atoms with van der Waals surface area (Å²) in [5.41, 5.74) is 4.73. The molecule has 0 bridgehead atoms. The fraction of sp³-hybridized carbons (Fsp3) is 0.0800. The largest absolute Gasteiger partial charge is 0.325 e. The Bertz CT molecular complexity index is 1400. The second kappa shape index (κ2) is 8.24. The molecule has 2 aromatic heterocycles. The van der Waals surface area contributed by atoms with Gasteiger partial charge in [-0.1, -0.05) is 72.4 Å². The molecule has 0 aliphatic heterocycles. The van der Waals surface area contributed by atoms with E-state index in [1.165, 1.54) is 17.1 Å². The van der Waals surface area contributed by atoms with E-state index in [2.05, 4.69) is 34.6 Å². The van der Waals surface area contributed by atoms with Crippen molar-refractivity contribution in [3.8, 4) is 11.3 Å². The highest BCUT2D eigenvalue weighted by atomic mass is 32.2. The number of nitrogens with zero attached hydrogens (tertiary/aromatic N) is 3. The molecule has 0 aliphatic rings. The molecule has 31 heavy (non-hydrogen) atoms. The van der Waals surface area contributed by atoms with E-state index in [9.17, 15) is 4.79 Å². The number of carbonyl (C=O) groups is 1. The molecule has 0 aliphatic carbocycles. The maximum Gasteiger partial charge on any atom is 0.234 e. The van der Waals surface area contributed by atoms with E-state index >= 15 is 0 Å². The van der Waals surface area contributed by atoms with Gasteiger partial charge in [0.05, 0.1) is 17.0 Å². The highest BCUT2D eigenvalue weighted by Crippen LogP contribution is 2.30. The Hall–Kier alpha value is -3.64. The first-order valence-corrected chi connectivity index (χ1v) is 11.0. The van der Waals surface area contributed by atoms with E-state index in [0.29, 0.717) is 0 Å². The number of aromatic nitrogens is 3. The number of para-hydroxylation sites is 1. The molecule has 5 aromatic rings. The Morgan fingerprint density at radius 1 is 1.03 bits per heavy atom. The molecule has 152 valence electrons. The van der Waals surface area contributed by atoms with Crippen LogP contribution in [-0.2, 0) is 4.79 Å². The SMILES string of the molecule is Cc1ccccc1NC(=O)CSc1nccn2nc(-c3cccc4ccccc34)cc12. The Kier molecular flexibility index (Phi) is 5.14. The number of amides is 1. The van der Waals surface area contributed by atoms with Crippen LogP contribution in [0.5, 0.6) is 0 Å². The van der Waals surface area contributed by atoms with Crippen LogP contribution in [0.3, 0.4) is 0 Å². The lowest BCUT2D eigenvalue weighted by atomic mass is 10.0. The number of fused-ring (bicyclic) bond motifs is 2. The van der Waals surface area contributed by atoms with Gasteiger partial charge in [0.25, 0.3) is 0 Å². The summed E-state index contributed by atoms with van der Waals surface area (Å²) in [4.78, 5) is 17.0. The van der Waals surface area contributed by atoms with Crippen LogP contribution in [-0.4, -0.2) is 26.3 Å². The van der Waals surface area contributed by atoms with Crippen LogP contribution in [0.4, 0.5) is 5.69 Å². The third-order valence-electron chi connectivity index (χ3n) is 5.18. The van der Waals surface area contributed by atoms with Crippen LogP contribution in [0.1, 0.15) is 5.56 Å². The van der Waals surface area contributed by atoms with Gasteiger partial charge in [-0.25, -0.2) is 9.50 Å². The number of carbonyl (C=O) groups excluding carboxylic acids is 1. The molecule has 1 N–H and O–H groups in total. The van der Waals surface area contributed by atoms with Crippen LogP contribution in [0.2, 0.25) is 0 Å². The molecule has 6 heteroatoms. The van der Waals surface area contributed by atoms with Crippen LogP contribution in [0.25, 0.3) is 27.5 Å². The van der Waals surface area contributed by atoms with Crippen molar-refractivity contribution < 1.29 is 4.79 Å². The van der Waals surface area contributed by atoms with Gasteiger partial charge in [0.1, 0.15) is 5.03 Å². The summed E-state index contributed by atoms with van der Waals surface area (Å²) in [6, 6.07) is 24.3. The average Bonchev–Trinajstić information content (AvgIpc) is 3.23. The van der Waals surface area contributed by atoms with E-state index in [4.69, 9.17) is 5.10 Å². The third-order valence-corrected chi connectivity index (χ3v) is 6.17. The first kappa shape index (κ1) is 19.3. The topological polar surface area (TPSA) is 59.3 Å². The standard InChI is InChI=1S/C25H20N4OS/c1-17-7-2-5-12-21(17)27-24(30)16-31-25-23-15-22(28-29(23)14-13-26-25)20-11-6-9-18-8-3-4-10-19(18)20/h2-15H,16H2,1H3,(H,27,30). The summed E-state index contributed by atoms with van der Waals surface area (Å²) in [6.07, 6.45) is 3.55. The average molecular weight is 425 g/mol. The quantitative estimate of drug-likeness (QED) is 0.374. The summed E-state index contributed by atoms with van der Waals surface area (Å²) in [7, 11) is 0. The van der Waals surface area contributed by atoms with Crippen molar-refractivity contribution in [1.29, 1.82) is 0 Å². The first-order valence-electron chi connectivity index (χ1n) is 10.00. The van der Waals surface area contributed by atoms with E-state index in [1.807, 2.05) is 66.2 Å². The van der Waals surface area contributed by atoms with Gasteiger partial charge in [-0.3, -0.25) is 4.79 Å². The van der Waals surface area contributed by atoms with Crippen molar-refractivity contribution in [2.75, 3.05) is 11.1 Å². The lowest BCUT2D eigenvalue weighted by molar-refractivity contribution is -0.113. The molecule has 2 heterocycles. The maximum absolute atomic E-state index is 12.5. The Labute approximate surface area is 184 Å². The minimum absolute atomic E-state index is 0.0584. The summed E-state index contributed by atoms with van der Waals surface area (Å²) in [5, 5.41) is 10.9. The molecule has 5 nitrogen and oxygen atoms in total. The first-order chi connectivity index (χ1) is 15.2. The number of thioether (sulfide) groups is 1. The van der Waals surface area contributed by atoms with Crippen LogP contribution in [0, 0.1) is 6.92 Å². The van der Waals surface area contributed by atoms with Gasteiger partial charge in [-0.05, 0) is 35.4 Å². The molecule has 0 atom stereocenters. The van der Waals surface area contributed by atoms with E-state index in [-0.39, 0.29) is 11.7 Å². The fourth-order valence-corrected chi connectivity index (χ4v) is 4.40. The van der Waals surface area contributed by atoms with Gasteiger partial charge in [-0.15, -0.1) is 0 Å². The number of nitrogens with one attached hydrogen (secondary N) is 1. The summed E-state index contributed by atoms with van der Waals surface area (Å²) in [6.45, 7) is 1.98. The number of benzene rings is 3. The number of rotatable bonds is 5. The molecule has 0 radical (unpaired) electrons. The zero-order valence-corrected chi connectivity index (χ0v) is 17.8. The van der Waals surface area contributed by atoms with E-state index < -0.39 is 0 Å². The summed E-state index contributed by atoms with van der Waals surface area (Å²) >= 11 is 1.41. The molecule has 0 spiro atoms. The van der Waals surface area contributed by atoms with Gasteiger partial charge in [0.2, 0.25) is 5.91 Å². The van der Waals surface area contributed by atoms with Crippen molar-refractivity contribution in [2.24, 2.45) is 0 Å². The minimum atomic E-state index is -0.0584. The van der Waals surface area contributed by atoms with Gasteiger partial charge in [-0.2, -0.15) is 5.10 Å². The highest BCUT2D eigenvalue weighted by Gasteiger charge is 2.13. The molecule has 1 amide bonds. The molecule has 5 rings (SSSR count). The molecule has 0 fully saturated rings. The van der Waals surface area contributed by atoms with Gasteiger partial charge in [0, 0.05) is 23.6 Å². The molecular formula is C25H20N4OS. The number of aryl methyl sites for hydroxylation is 1. The monoisotopic (exact) mass is 424 g/mol. The zero-order valence-electron chi connectivity index (χ0n) is 16.9. The molecule has 0 saturated heterocycles. The Morgan fingerprint density at radius 2 is 1.84 bits per heavy atom. The highest BCUT2D eigenvalue weighted by molar-refractivity contribution is 8.00. The predicted octanol–water partition coefficient (Wildman–Crippen LogP) is 5.59. The number of anilines is 1. The minimum Gasteiger partial charge on any atom is -0.325 e. The van der Waals surface area contributed by atoms with Crippen molar-refractivity contribution in [1.82, 2.24) is 14.6 Å². The van der Waals surface area contributed by atoms with Crippen LogP contribution in [0.15, 0.2) is 90.2 Å². The molecular weight excluding hydrogens is 404 g/mol. The summed E-state index contributed by atoms with van der Waals surface area (Å²) < 4.78 is 1.83. The maximum atomic E-state index is 12.5. The third kappa shape index (κ3) is 3.90. The van der Waals surface area contributed by atoms with E-state index in [1.54, 1.807) is 6.20 Å². The zero-order chi connectivity index (χ0) is 21.2. The number of hydrogen-bond acceptors (Lipinski definition) is 4. The normalized spacial score (nSPS) is 11.1. The van der Waals surface area contributed by atoms with Crippen LogP contribution >= 0.6 is 11.8 Å². The smallest absolute Gasteiger partial charge is 0.234 e. The van der Waals surface area contributed by atoms with Gasteiger partial charge in [0.15, 0.2) is 0 Å². The lowest BCUT2D eigenvalue weighted by Gasteiger charge is -2.08. The molecule has 0 saturated carbocycles. The second-order valence-corrected chi connectivity index (χ2v) is 8.23. The van der Waals surface area contributed by atoms with Crippen molar-refractivity contribution >= 4 is 39.6 Å². The Morgan fingerprint density at radius 3 is 2.74 bits per heavy atom. The number of hydrogen-bond donors (Lipinski definition) is 1. The van der Waals surface area contributed by atoms with Gasteiger partial charge < -0.3 is 5.32 Å². The van der Waals surface area contributed by atoms with Crippen LogP contribution < -0.4 is 5.32 Å². The van der Waals surface area contributed by atoms with Crippen molar-refractivity contribution in [2.45, 2.75) is 11.9 Å².